The first-order valence-electron chi connectivity index (χ1n) is 9.31. The van der Waals surface area contributed by atoms with E-state index in [4.69, 9.17) is 0 Å². The summed E-state index contributed by atoms with van der Waals surface area (Å²) in [6.07, 6.45) is 5.47. The maximum absolute atomic E-state index is 13.3. The summed E-state index contributed by atoms with van der Waals surface area (Å²) < 4.78 is 28.2. The van der Waals surface area contributed by atoms with Crippen LogP contribution in [0.25, 0.3) is 0 Å². The van der Waals surface area contributed by atoms with Crippen molar-refractivity contribution in [1.82, 2.24) is 9.29 Å². The molecule has 1 aliphatic heterocycles. The molecule has 0 radical (unpaired) electrons. The van der Waals surface area contributed by atoms with Crippen molar-refractivity contribution in [2.45, 2.75) is 50.5 Å². The van der Waals surface area contributed by atoms with Gasteiger partial charge in [0.15, 0.2) is 0 Å². The topological polar surface area (TPSA) is 62.3 Å². The normalized spacial score (nSPS) is 18.6. The van der Waals surface area contributed by atoms with Gasteiger partial charge in [-0.1, -0.05) is 37.1 Å². The molecule has 2 aromatic rings. The van der Waals surface area contributed by atoms with Crippen LogP contribution in [0.1, 0.15) is 49.8 Å². The Kier molecular flexibility index (Phi) is 5.94. The summed E-state index contributed by atoms with van der Waals surface area (Å²) in [5.41, 5.74) is 2.02. The van der Waals surface area contributed by atoms with Gasteiger partial charge in [-0.15, -0.1) is 0 Å². The van der Waals surface area contributed by atoms with Gasteiger partial charge in [0, 0.05) is 24.8 Å². The molecule has 26 heavy (non-hydrogen) atoms. The predicted octanol–water partition coefficient (Wildman–Crippen LogP) is 4.13. The minimum Gasteiger partial charge on any atom is -0.370 e. The molecule has 2 heterocycles. The number of sulfonamides is 1. The lowest BCUT2D eigenvalue weighted by atomic mass is 9.98. The number of pyridine rings is 1. The van der Waals surface area contributed by atoms with Crippen LogP contribution in [0, 0.1) is 6.92 Å². The Morgan fingerprint density at radius 2 is 1.96 bits per heavy atom. The van der Waals surface area contributed by atoms with Gasteiger partial charge in [0.1, 0.15) is 5.82 Å². The fraction of sp³-hybridized carbons (Fsp3) is 0.450. The van der Waals surface area contributed by atoms with Gasteiger partial charge in [-0.2, -0.15) is 4.31 Å². The largest absolute Gasteiger partial charge is 0.370 e. The van der Waals surface area contributed by atoms with E-state index in [9.17, 15) is 8.42 Å². The van der Waals surface area contributed by atoms with Crippen LogP contribution in [0.2, 0.25) is 0 Å². The summed E-state index contributed by atoms with van der Waals surface area (Å²) >= 11 is 0. The summed E-state index contributed by atoms with van der Waals surface area (Å²) in [5.74, 6) is 0.797. The van der Waals surface area contributed by atoms with Crippen molar-refractivity contribution < 1.29 is 8.42 Å². The lowest BCUT2D eigenvalue weighted by Gasteiger charge is -2.35. The molecule has 0 bridgehead atoms. The number of piperidine rings is 1. The second kappa shape index (κ2) is 8.18. The standard InChI is InChI=1S/C20H27N3O2S/c1-3-13-21-20-18(7-6-14-22-20)19-8-4-5-15-23(19)26(24,25)17-11-9-16(2)10-12-17/h6-7,9-12,14,19H,3-5,8,13,15H2,1-2H3,(H,21,22). The van der Waals surface area contributed by atoms with Gasteiger partial charge in [-0.05, 0) is 44.4 Å². The number of hydrogen-bond donors (Lipinski definition) is 1. The van der Waals surface area contributed by atoms with E-state index in [2.05, 4.69) is 17.2 Å². The van der Waals surface area contributed by atoms with Crippen LogP contribution in [0.3, 0.4) is 0 Å². The van der Waals surface area contributed by atoms with Gasteiger partial charge in [0.05, 0.1) is 10.9 Å². The van der Waals surface area contributed by atoms with Crippen LogP contribution in [0.15, 0.2) is 47.5 Å². The second-order valence-corrected chi connectivity index (χ2v) is 8.70. The molecule has 1 unspecified atom stereocenters. The van der Waals surface area contributed by atoms with Crippen molar-refractivity contribution in [3.05, 3.63) is 53.7 Å². The van der Waals surface area contributed by atoms with E-state index in [1.54, 1.807) is 22.6 Å². The average molecular weight is 374 g/mol. The zero-order chi connectivity index (χ0) is 18.6. The van der Waals surface area contributed by atoms with Crippen molar-refractivity contribution in [1.29, 1.82) is 0 Å². The molecule has 0 amide bonds. The molecule has 1 aromatic heterocycles. The van der Waals surface area contributed by atoms with Crippen molar-refractivity contribution in [2.75, 3.05) is 18.4 Å². The van der Waals surface area contributed by atoms with Crippen LogP contribution in [-0.2, 0) is 10.0 Å². The van der Waals surface area contributed by atoms with Gasteiger partial charge in [0.25, 0.3) is 0 Å². The van der Waals surface area contributed by atoms with Gasteiger partial charge in [-0.25, -0.2) is 13.4 Å². The van der Waals surface area contributed by atoms with Crippen LogP contribution in [0.5, 0.6) is 0 Å². The Hall–Kier alpha value is -1.92. The fourth-order valence-corrected chi connectivity index (χ4v) is 5.10. The van der Waals surface area contributed by atoms with E-state index in [0.717, 1.165) is 49.2 Å². The lowest BCUT2D eigenvalue weighted by Crippen LogP contribution is -2.38. The molecule has 1 fully saturated rings. The smallest absolute Gasteiger partial charge is 0.243 e. The Labute approximate surface area is 156 Å². The number of nitrogens with one attached hydrogen (secondary N) is 1. The minimum absolute atomic E-state index is 0.178. The van der Waals surface area contributed by atoms with Gasteiger partial charge >= 0.3 is 0 Å². The molecule has 5 nitrogen and oxygen atoms in total. The summed E-state index contributed by atoms with van der Waals surface area (Å²) in [6.45, 7) is 5.43. The molecule has 6 heteroatoms. The quantitative estimate of drug-likeness (QED) is 0.827. The van der Waals surface area contributed by atoms with Gasteiger partial charge in [-0.3, -0.25) is 0 Å². The first-order valence-corrected chi connectivity index (χ1v) is 10.8. The van der Waals surface area contributed by atoms with Crippen LogP contribution >= 0.6 is 0 Å². The Morgan fingerprint density at radius 3 is 2.69 bits per heavy atom. The van der Waals surface area contributed by atoms with Gasteiger partial charge in [0.2, 0.25) is 10.0 Å². The Bertz CT molecular complexity index is 834. The third kappa shape index (κ3) is 3.91. The van der Waals surface area contributed by atoms with Crippen molar-refractivity contribution >= 4 is 15.8 Å². The summed E-state index contributed by atoms with van der Waals surface area (Å²) in [7, 11) is -3.54. The zero-order valence-corrected chi connectivity index (χ0v) is 16.3. The molecule has 1 atom stereocenters. The predicted molar refractivity (Wildman–Crippen MR) is 105 cm³/mol. The number of rotatable bonds is 6. The highest BCUT2D eigenvalue weighted by atomic mass is 32.2. The van der Waals surface area contributed by atoms with E-state index < -0.39 is 10.0 Å². The Morgan fingerprint density at radius 1 is 1.19 bits per heavy atom. The first kappa shape index (κ1) is 18.9. The molecular formula is C20H27N3O2S. The fourth-order valence-electron chi connectivity index (χ4n) is 3.43. The molecule has 1 aromatic carbocycles. The number of hydrogen-bond acceptors (Lipinski definition) is 4. The number of nitrogens with zero attached hydrogens (tertiary/aromatic N) is 2. The van der Waals surface area contributed by atoms with E-state index >= 15 is 0 Å². The number of benzene rings is 1. The van der Waals surface area contributed by atoms with Crippen LogP contribution < -0.4 is 5.32 Å². The summed E-state index contributed by atoms with van der Waals surface area (Å²) in [6, 6.07) is 10.8. The van der Waals surface area contributed by atoms with E-state index in [-0.39, 0.29) is 6.04 Å². The third-order valence-corrected chi connectivity index (χ3v) is 6.74. The van der Waals surface area contributed by atoms with Crippen molar-refractivity contribution in [3.63, 3.8) is 0 Å². The highest BCUT2D eigenvalue weighted by molar-refractivity contribution is 7.89. The highest BCUT2D eigenvalue weighted by Crippen LogP contribution is 2.37. The SMILES string of the molecule is CCCNc1ncccc1C1CCCCN1S(=O)(=O)c1ccc(C)cc1. The van der Waals surface area contributed by atoms with Crippen molar-refractivity contribution in [3.8, 4) is 0 Å². The average Bonchev–Trinajstić information content (AvgIpc) is 2.67. The zero-order valence-electron chi connectivity index (χ0n) is 15.5. The Balaban J connectivity index is 1.97. The molecule has 0 saturated carbocycles. The number of anilines is 1. The second-order valence-electron chi connectivity index (χ2n) is 6.81. The maximum atomic E-state index is 13.3. The lowest BCUT2D eigenvalue weighted by molar-refractivity contribution is 0.256. The third-order valence-electron chi connectivity index (χ3n) is 4.82. The highest BCUT2D eigenvalue weighted by Gasteiger charge is 2.35. The van der Waals surface area contributed by atoms with E-state index in [1.807, 2.05) is 31.2 Å². The molecule has 1 N–H and O–H groups in total. The summed E-state index contributed by atoms with van der Waals surface area (Å²) in [4.78, 5) is 4.82. The monoisotopic (exact) mass is 373 g/mol. The maximum Gasteiger partial charge on any atom is 0.243 e. The minimum atomic E-state index is -3.54. The molecule has 1 aliphatic rings. The summed E-state index contributed by atoms with van der Waals surface area (Å²) in [5, 5.41) is 3.35. The molecule has 0 spiro atoms. The molecule has 3 rings (SSSR count). The van der Waals surface area contributed by atoms with E-state index in [0.29, 0.717) is 11.4 Å². The van der Waals surface area contributed by atoms with E-state index in [1.165, 1.54) is 0 Å². The molecule has 1 saturated heterocycles. The molecular weight excluding hydrogens is 346 g/mol. The van der Waals surface area contributed by atoms with Crippen LogP contribution in [0.4, 0.5) is 5.82 Å². The first-order chi connectivity index (χ1) is 12.5. The number of aromatic nitrogens is 1. The number of aryl methyl sites for hydroxylation is 1. The van der Waals surface area contributed by atoms with Crippen molar-refractivity contribution in [2.24, 2.45) is 0 Å². The molecule has 140 valence electrons. The molecule has 0 aliphatic carbocycles. The van der Waals surface area contributed by atoms with Crippen LogP contribution in [-0.4, -0.2) is 30.8 Å². The van der Waals surface area contributed by atoms with Gasteiger partial charge < -0.3 is 5.32 Å².